The van der Waals surface area contributed by atoms with Crippen LogP contribution in [0.2, 0.25) is 0 Å². The molecule has 0 aromatic heterocycles. The first-order chi connectivity index (χ1) is 12.9. The van der Waals surface area contributed by atoms with E-state index in [-0.39, 0.29) is 35.0 Å². The molecule has 2 saturated heterocycles. The van der Waals surface area contributed by atoms with Crippen LogP contribution in [0.3, 0.4) is 0 Å². The van der Waals surface area contributed by atoms with E-state index in [1.807, 2.05) is 6.92 Å². The van der Waals surface area contributed by atoms with Crippen molar-refractivity contribution in [1.82, 2.24) is 15.5 Å². The number of hydrogen-bond acceptors (Lipinski definition) is 8. The summed E-state index contributed by atoms with van der Waals surface area (Å²) in [5.74, 6) is 0.230. The molecular formula is C17H24N4O5S. The van der Waals surface area contributed by atoms with Crippen molar-refractivity contribution in [3.8, 4) is 0 Å². The molecule has 4 heterocycles. The minimum atomic E-state index is -1.43. The average Bonchev–Trinajstić information content (AvgIpc) is 3.29. The van der Waals surface area contributed by atoms with Gasteiger partial charge in [0.15, 0.2) is 0 Å². The molecule has 0 bridgehead atoms. The third kappa shape index (κ3) is 3.09. The van der Waals surface area contributed by atoms with Gasteiger partial charge in [0.2, 0.25) is 11.8 Å². The first-order valence-electron chi connectivity index (χ1n) is 9.22. The van der Waals surface area contributed by atoms with E-state index in [4.69, 9.17) is 9.84 Å². The van der Waals surface area contributed by atoms with E-state index >= 15 is 0 Å². The van der Waals surface area contributed by atoms with E-state index < -0.39 is 18.2 Å². The summed E-state index contributed by atoms with van der Waals surface area (Å²) < 4.78 is 5.01. The lowest BCUT2D eigenvalue weighted by atomic mass is 9.79. The molecule has 0 aromatic rings. The van der Waals surface area contributed by atoms with Crippen LogP contribution in [0.1, 0.15) is 20.3 Å². The number of carboxylic acid groups (broad SMARTS) is 1. The number of nitrogens with zero attached hydrogens (tertiary/aromatic N) is 2. The van der Waals surface area contributed by atoms with Gasteiger partial charge in [0, 0.05) is 24.3 Å². The number of thioether (sulfide) groups is 1. The minimum absolute atomic E-state index is 0.0809. The molecule has 10 heteroatoms. The van der Waals surface area contributed by atoms with Crippen molar-refractivity contribution in [3.63, 3.8) is 0 Å². The number of fused-ring (bicyclic) bond motifs is 1. The Hall–Kier alpha value is -1.78. The molecule has 4 rings (SSSR count). The molecule has 4 aliphatic rings. The molecule has 6 atom stereocenters. The van der Waals surface area contributed by atoms with E-state index in [1.54, 1.807) is 18.7 Å². The van der Waals surface area contributed by atoms with Gasteiger partial charge in [0.05, 0.1) is 35.6 Å². The molecule has 1 amide bonds. The molecule has 2 fully saturated rings. The number of amidine groups is 1. The summed E-state index contributed by atoms with van der Waals surface area (Å²) in [5, 5.41) is 26.0. The summed E-state index contributed by atoms with van der Waals surface area (Å²) in [6, 6.07) is -0.0737. The predicted octanol–water partition coefficient (Wildman–Crippen LogP) is 0.173. The molecule has 0 spiro atoms. The van der Waals surface area contributed by atoms with Gasteiger partial charge in [0.1, 0.15) is 5.84 Å². The third-order valence-corrected chi connectivity index (χ3v) is 7.15. The Bertz CT molecular complexity index is 724. The number of amides is 1. The highest BCUT2D eigenvalue weighted by atomic mass is 32.2. The second-order valence-electron chi connectivity index (χ2n) is 7.42. The van der Waals surface area contributed by atoms with E-state index in [2.05, 4.69) is 15.6 Å². The van der Waals surface area contributed by atoms with E-state index in [0.717, 1.165) is 36.8 Å². The van der Waals surface area contributed by atoms with Gasteiger partial charge in [-0.1, -0.05) is 6.92 Å². The highest BCUT2D eigenvalue weighted by Gasteiger charge is 2.60. The summed E-state index contributed by atoms with van der Waals surface area (Å²) in [7, 11) is 0. The maximum absolute atomic E-state index is 12.4. The van der Waals surface area contributed by atoms with E-state index in [9.17, 15) is 14.7 Å². The fourth-order valence-corrected chi connectivity index (χ4v) is 5.86. The molecule has 4 aliphatic heterocycles. The van der Waals surface area contributed by atoms with E-state index in [0.29, 0.717) is 0 Å². The van der Waals surface area contributed by atoms with Crippen molar-refractivity contribution in [2.75, 3.05) is 19.6 Å². The first-order valence-corrected chi connectivity index (χ1v) is 10.1. The quantitative estimate of drug-likeness (QED) is 0.383. The number of β-lactam (4-membered cyclic amide) rings is 1. The maximum Gasteiger partial charge on any atom is 0.512 e. The number of ether oxygens (including phenoxy) is 1. The van der Waals surface area contributed by atoms with Crippen molar-refractivity contribution in [1.29, 1.82) is 0 Å². The maximum atomic E-state index is 12.4. The summed E-state index contributed by atoms with van der Waals surface area (Å²) >= 11 is 1.57. The summed E-state index contributed by atoms with van der Waals surface area (Å²) in [4.78, 5) is 30.3. The van der Waals surface area contributed by atoms with E-state index in [1.165, 1.54) is 4.90 Å². The predicted molar refractivity (Wildman–Crippen MR) is 99.2 cm³/mol. The average molecular weight is 396 g/mol. The molecule has 148 valence electrons. The van der Waals surface area contributed by atoms with Crippen LogP contribution in [0.4, 0.5) is 4.79 Å². The van der Waals surface area contributed by atoms with Crippen molar-refractivity contribution in [2.45, 2.75) is 43.7 Å². The lowest BCUT2D eigenvalue weighted by Gasteiger charge is -2.45. The Morgan fingerprint density at radius 2 is 2.26 bits per heavy atom. The van der Waals surface area contributed by atoms with Crippen LogP contribution in [-0.4, -0.2) is 76.1 Å². The van der Waals surface area contributed by atoms with Gasteiger partial charge in [-0.25, -0.2) is 4.79 Å². The third-order valence-electron chi connectivity index (χ3n) is 5.66. The van der Waals surface area contributed by atoms with Crippen LogP contribution in [0.25, 0.3) is 0 Å². The fourth-order valence-electron chi connectivity index (χ4n) is 4.43. The lowest BCUT2D eigenvalue weighted by molar-refractivity contribution is -0.163. The van der Waals surface area contributed by atoms with Crippen LogP contribution in [0, 0.1) is 11.8 Å². The van der Waals surface area contributed by atoms with Gasteiger partial charge >= 0.3 is 6.16 Å². The zero-order valence-electron chi connectivity index (χ0n) is 15.2. The fraction of sp³-hybridized carbons (Fsp3) is 0.706. The Kier molecular flexibility index (Phi) is 4.81. The number of aliphatic imine (C=N–C) groups is 1. The van der Waals surface area contributed by atoms with Crippen molar-refractivity contribution < 1.29 is 24.5 Å². The van der Waals surface area contributed by atoms with Gasteiger partial charge in [-0.15, -0.1) is 11.8 Å². The Labute approximate surface area is 161 Å². The molecular weight excluding hydrogens is 372 g/mol. The van der Waals surface area contributed by atoms with Crippen LogP contribution < -0.4 is 10.6 Å². The molecule has 0 unspecified atom stereocenters. The Morgan fingerprint density at radius 3 is 2.89 bits per heavy atom. The Balaban J connectivity index is 1.52. The van der Waals surface area contributed by atoms with Crippen LogP contribution >= 0.6 is 11.8 Å². The van der Waals surface area contributed by atoms with Gasteiger partial charge < -0.3 is 25.6 Å². The van der Waals surface area contributed by atoms with Gasteiger partial charge in [-0.2, -0.15) is 0 Å². The smallest absolute Gasteiger partial charge is 0.449 e. The highest BCUT2D eigenvalue weighted by molar-refractivity contribution is 8.03. The normalized spacial score (nSPS) is 36.3. The minimum Gasteiger partial charge on any atom is -0.449 e. The zero-order valence-corrected chi connectivity index (χ0v) is 16.0. The molecule has 0 saturated carbocycles. The number of aliphatic hydroxyl groups is 1. The molecule has 9 nitrogen and oxygen atoms in total. The van der Waals surface area contributed by atoms with Crippen molar-refractivity contribution in [2.24, 2.45) is 16.8 Å². The zero-order chi connectivity index (χ0) is 19.3. The van der Waals surface area contributed by atoms with Crippen LogP contribution in [0.5, 0.6) is 0 Å². The van der Waals surface area contributed by atoms with Gasteiger partial charge in [-0.05, 0) is 13.3 Å². The molecule has 4 N–H and O–H groups in total. The molecule has 0 aliphatic carbocycles. The topological polar surface area (TPSA) is 123 Å². The second-order valence-corrected chi connectivity index (χ2v) is 8.76. The summed E-state index contributed by atoms with van der Waals surface area (Å²) in [6.45, 7) is 5.98. The number of carbonyl (C=O) groups excluding carboxylic acids is 1. The number of nitrogens with one attached hydrogen (secondary N) is 2. The molecule has 27 heavy (non-hydrogen) atoms. The van der Waals surface area contributed by atoms with Gasteiger partial charge in [-0.3, -0.25) is 14.7 Å². The number of aliphatic hydroxyl groups excluding tert-OH is 1. The lowest BCUT2D eigenvalue weighted by Crippen LogP contribution is -2.63. The van der Waals surface area contributed by atoms with Gasteiger partial charge in [0.25, 0.3) is 0 Å². The van der Waals surface area contributed by atoms with Crippen molar-refractivity contribution in [3.05, 3.63) is 10.8 Å². The first kappa shape index (κ1) is 18.6. The molecule has 0 radical (unpaired) electrons. The number of rotatable bonds is 5. The second kappa shape index (κ2) is 6.99. The largest absolute Gasteiger partial charge is 0.512 e. The number of carbonyl (C=O) groups is 2. The Morgan fingerprint density at radius 1 is 1.48 bits per heavy atom. The SMILES string of the molecule is C[C@@H](O)[C@H]1C(=O)N2C(OC(=O)O)=C(S[C@@H]3CN[C@H](C4=NCCN4)C3)[C@H](C)[C@H]12. The van der Waals surface area contributed by atoms with Crippen molar-refractivity contribution >= 4 is 29.7 Å². The highest BCUT2D eigenvalue weighted by Crippen LogP contribution is 2.52. The van der Waals surface area contributed by atoms with Crippen LogP contribution in [0.15, 0.2) is 15.8 Å². The summed E-state index contributed by atoms with van der Waals surface area (Å²) in [6.07, 6.45) is -1.34. The summed E-state index contributed by atoms with van der Waals surface area (Å²) in [5.41, 5.74) is 0. The standard InChI is InChI=1S/C17H24N4O5S/c1-7-12-11(8(2)22)15(23)21(12)16(26-17(24)25)13(7)27-9-5-10(20-6-9)14-18-3-4-19-14/h7-12,20,22H,3-6H2,1-2H3,(H,18,19)(H,24,25)/t7-,8-,9+,10+,11-,12-/m1/s1. The van der Waals surface area contributed by atoms with Crippen LogP contribution in [-0.2, 0) is 9.53 Å². The monoisotopic (exact) mass is 396 g/mol. The molecule has 0 aromatic carbocycles. The number of hydrogen-bond donors (Lipinski definition) is 4.